The first-order valence-electron chi connectivity index (χ1n) is 6.46. The summed E-state index contributed by atoms with van der Waals surface area (Å²) in [6.07, 6.45) is 1.15. The number of nitrogen functional groups attached to an aromatic ring is 1. The van der Waals surface area contributed by atoms with Gasteiger partial charge in [-0.05, 0) is 25.5 Å². The maximum atomic E-state index is 11.8. The van der Waals surface area contributed by atoms with Gasteiger partial charge in [0.15, 0.2) is 0 Å². The molecule has 1 aromatic rings. The van der Waals surface area contributed by atoms with Gasteiger partial charge in [0.25, 0.3) is 5.91 Å². The second-order valence-electron chi connectivity index (χ2n) is 4.47. The SMILES string of the molecule is CCC(C)NC(=O)CCNC(=O)c1ccccc1N.Cl. The summed E-state index contributed by atoms with van der Waals surface area (Å²) in [6, 6.07) is 7.01. The number of carbonyl (C=O) groups is 2. The third kappa shape index (κ3) is 5.93. The quantitative estimate of drug-likeness (QED) is 0.699. The highest BCUT2D eigenvalue weighted by atomic mass is 35.5. The van der Waals surface area contributed by atoms with Gasteiger partial charge in [-0.3, -0.25) is 9.59 Å². The number of hydrogen-bond acceptors (Lipinski definition) is 3. The minimum absolute atomic E-state index is 0. The van der Waals surface area contributed by atoms with E-state index >= 15 is 0 Å². The van der Waals surface area contributed by atoms with E-state index in [0.717, 1.165) is 6.42 Å². The fourth-order valence-corrected chi connectivity index (χ4v) is 1.54. The Labute approximate surface area is 125 Å². The van der Waals surface area contributed by atoms with Crippen molar-refractivity contribution in [3.05, 3.63) is 29.8 Å². The molecule has 0 spiro atoms. The van der Waals surface area contributed by atoms with Crippen molar-refractivity contribution in [2.75, 3.05) is 12.3 Å². The molecule has 1 aromatic carbocycles. The number of para-hydroxylation sites is 1. The first-order chi connectivity index (χ1) is 9.04. The minimum atomic E-state index is -0.255. The Balaban J connectivity index is 0.00000361. The van der Waals surface area contributed by atoms with Crippen LogP contribution in [0.5, 0.6) is 0 Å². The lowest BCUT2D eigenvalue weighted by molar-refractivity contribution is -0.121. The minimum Gasteiger partial charge on any atom is -0.398 e. The van der Waals surface area contributed by atoms with Crippen LogP contribution in [0.1, 0.15) is 37.0 Å². The van der Waals surface area contributed by atoms with Gasteiger partial charge in [-0.1, -0.05) is 19.1 Å². The number of hydrogen-bond donors (Lipinski definition) is 3. The Morgan fingerprint density at radius 2 is 1.95 bits per heavy atom. The summed E-state index contributed by atoms with van der Waals surface area (Å²) < 4.78 is 0. The van der Waals surface area contributed by atoms with Gasteiger partial charge in [0, 0.05) is 24.7 Å². The van der Waals surface area contributed by atoms with E-state index in [1.807, 2.05) is 13.8 Å². The van der Waals surface area contributed by atoms with E-state index in [9.17, 15) is 9.59 Å². The number of benzene rings is 1. The van der Waals surface area contributed by atoms with Crippen molar-refractivity contribution in [3.8, 4) is 0 Å². The van der Waals surface area contributed by atoms with E-state index in [1.54, 1.807) is 24.3 Å². The Bertz CT molecular complexity index is 452. The van der Waals surface area contributed by atoms with Crippen LogP contribution in [0.15, 0.2) is 24.3 Å². The molecular formula is C14H22ClN3O2. The number of halogens is 1. The van der Waals surface area contributed by atoms with E-state index in [-0.39, 0.29) is 36.7 Å². The molecule has 0 bridgehead atoms. The van der Waals surface area contributed by atoms with Gasteiger partial charge in [-0.25, -0.2) is 0 Å². The van der Waals surface area contributed by atoms with Crippen molar-refractivity contribution in [3.63, 3.8) is 0 Å². The van der Waals surface area contributed by atoms with E-state index < -0.39 is 0 Å². The van der Waals surface area contributed by atoms with E-state index in [4.69, 9.17) is 5.73 Å². The molecule has 112 valence electrons. The van der Waals surface area contributed by atoms with Crippen LogP contribution in [0.4, 0.5) is 5.69 Å². The molecule has 20 heavy (non-hydrogen) atoms. The number of rotatable bonds is 6. The third-order valence-corrected chi connectivity index (χ3v) is 2.86. The van der Waals surface area contributed by atoms with Crippen molar-refractivity contribution in [2.45, 2.75) is 32.7 Å². The smallest absolute Gasteiger partial charge is 0.253 e. The third-order valence-electron chi connectivity index (χ3n) is 2.86. The lowest BCUT2D eigenvalue weighted by Crippen LogP contribution is -2.35. The van der Waals surface area contributed by atoms with Crippen LogP contribution in [0.3, 0.4) is 0 Å². The number of anilines is 1. The molecule has 0 aromatic heterocycles. The van der Waals surface area contributed by atoms with Gasteiger partial charge in [0.1, 0.15) is 0 Å². The molecule has 0 aliphatic heterocycles. The normalized spacial score (nSPS) is 11.1. The van der Waals surface area contributed by atoms with Crippen LogP contribution in [0.2, 0.25) is 0 Å². The molecule has 0 saturated heterocycles. The van der Waals surface area contributed by atoms with Gasteiger partial charge in [0.05, 0.1) is 5.56 Å². The Morgan fingerprint density at radius 3 is 2.55 bits per heavy atom. The molecule has 0 aliphatic rings. The zero-order valence-corrected chi connectivity index (χ0v) is 12.6. The molecule has 5 nitrogen and oxygen atoms in total. The Hall–Kier alpha value is -1.75. The number of amides is 2. The fraction of sp³-hybridized carbons (Fsp3) is 0.429. The van der Waals surface area contributed by atoms with Crippen LogP contribution in [0.25, 0.3) is 0 Å². The molecule has 4 N–H and O–H groups in total. The molecule has 2 amide bonds. The molecule has 0 saturated carbocycles. The van der Waals surface area contributed by atoms with Crippen molar-refractivity contribution in [1.82, 2.24) is 10.6 Å². The first kappa shape index (κ1) is 18.2. The van der Waals surface area contributed by atoms with Gasteiger partial charge in [0.2, 0.25) is 5.91 Å². The topological polar surface area (TPSA) is 84.2 Å². The molecule has 1 unspecified atom stereocenters. The zero-order chi connectivity index (χ0) is 14.3. The maximum Gasteiger partial charge on any atom is 0.253 e. The standard InChI is InChI=1S/C14H21N3O2.ClH/c1-3-10(2)17-13(18)8-9-16-14(19)11-6-4-5-7-12(11)15;/h4-7,10H,3,8-9,15H2,1-2H3,(H,16,19)(H,17,18);1H. The number of carbonyl (C=O) groups excluding carboxylic acids is 2. The molecule has 0 radical (unpaired) electrons. The van der Waals surface area contributed by atoms with Crippen molar-refractivity contribution in [1.29, 1.82) is 0 Å². The Morgan fingerprint density at radius 1 is 1.30 bits per heavy atom. The monoisotopic (exact) mass is 299 g/mol. The van der Waals surface area contributed by atoms with E-state index in [2.05, 4.69) is 10.6 Å². The average Bonchev–Trinajstić information content (AvgIpc) is 2.38. The van der Waals surface area contributed by atoms with Crippen LogP contribution in [-0.4, -0.2) is 24.4 Å². The molecule has 0 fully saturated rings. The van der Waals surface area contributed by atoms with Crippen LogP contribution < -0.4 is 16.4 Å². The summed E-state index contributed by atoms with van der Waals surface area (Å²) in [7, 11) is 0. The molecular weight excluding hydrogens is 278 g/mol. The lowest BCUT2D eigenvalue weighted by Gasteiger charge is -2.11. The molecule has 1 rings (SSSR count). The van der Waals surface area contributed by atoms with Crippen LogP contribution >= 0.6 is 12.4 Å². The summed E-state index contributed by atoms with van der Waals surface area (Å²) in [4.78, 5) is 23.3. The fourth-order valence-electron chi connectivity index (χ4n) is 1.54. The van der Waals surface area contributed by atoms with Crippen LogP contribution in [0, 0.1) is 0 Å². The summed E-state index contributed by atoms with van der Waals surface area (Å²) >= 11 is 0. The van der Waals surface area contributed by atoms with Gasteiger partial charge < -0.3 is 16.4 Å². The highest BCUT2D eigenvalue weighted by molar-refractivity contribution is 5.99. The largest absolute Gasteiger partial charge is 0.398 e. The predicted molar refractivity (Wildman–Crippen MR) is 82.9 cm³/mol. The summed E-state index contributed by atoms with van der Waals surface area (Å²) in [5, 5.41) is 5.52. The second kappa shape index (κ2) is 9.20. The lowest BCUT2D eigenvalue weighted by atomic mass is 10.1. The van der Waals surface area contributed by atoms with Gasteiger partial charge in [-0.15, -0.1) is 12.4 Å². The van der Waals surface area contributed by atoms with E-state index in [0.29, 0.717) is 17.8 Å². The van der Waals surface area contributed by atoms with Crippen molar-refractivity contribution in [2.24, 2.45) is 0 Å². The molecule has 0 aliphatic carbocycles. The zero-order valence-electron chi connectivity index (χ0n) is 11.8. The highest BCUT2D eigenvalue weighted by Crippen LogP contribution is 2.09. The average molecular weight is 300 g/mol. The molecule has 6 heteroatoms. The number of nitrogens with two attached hydrogens (primary N) is 1. The number of nitrogens with one attached hydrogen (secondary N) is 2. The highest BCUT2D eigenvalue weighted by Gasteiger charge is 2.09. The Kier molecular flexibility index (Phi) is 8.40. The summed E-state index contributed by atoms with van der Waals surface area (Å²) in [5.74, 6) is -0.315. The first-order valence-corrected chi connectivity index (χ1v) is 6.46. The van der Waals surface area contributed by atoms with Crippen molar-refractivity contribution < 1.29 is 9.59 Å². The van der Waals surface area contributed by atoms with Crippen molar-refractivity contribution >= 4 is 29.9 Å². The van der Waals surface area contributed by atoms with Crippen LogP contribution in [-0.2, 0) is 4.79 Å². The summed E-state index contributed by atoms with van der Waals surface area (Å²) in [5.41, 5.74) is 6.57. The second-order valence-corrected chi connectivity index (χ2v) is 4.47. The molecule has 0 heterocycles. The van der Waals surface area contributed by atoms with Gasteiger partial charge in [-0.2, -0.15) is 0 Å². The summed E-state index contributed by atoms with van der Waals surface area (Å²) in [6.45, 7) is 4.25. The molecule has 1 atom stereocenters. The van der Waals surface area contributed by atoms with Gasteiger partial charge >= 0.3 is 0 Å². The maximum absolute atomic E-state index is 11.8. The van der Waals surface area contributed by atoms with E-state index in [1.165, 1.54) is 0 Å². The predicted octanol–water partition coefficient (Wildman–Crippen LogP) is 1.73.